The van der Waals surface area contributed by atoms with Crippen molar-refractivity contribution in [3.63, 3.8) is 0 Å². The van der Waals surface area contributed by atoms with Crippen molar-refractivity contribution in [1.82, 2.24) is 0 Å². The average molecular weight is 658 g/mol. The van der Waals surface area contributed by atoms with Gasteiger partial charge in [-0.15, -0.1) is 0 Å². The van der Waals surface area contributed by atoms with E-state index < -0.39 is 41.1 Å². The van der Waals surface area contributed by atoms with E-state index in [1.807, 2.05) is 43.3 Å². The Balaban J connectivity index is 0.000000249. The molecule has 0 bridgehead atoms. The van der Waals surface area contributed by atoms with Gasteiger partial charge in [-0.2, -0.15) is 21.6 Å². The van der Waals surface area contributed by atoms with Crippen molar-refractivity contribution in [3.8, 4) is 0 Å². The molecule has 2 aliphatic rings. The van der Waals surface area contributed by atoms with Gasteiger partial charge in [-0.05, 0) is 30.4 Å². The highest BCUT2D eigenvalue weighted by molar-refractivity contribution is 7.87. The van der Waals surface area contributed by atoms with E-state index in [4.69, 9.17) is 24.3 Å². The largest absolute Gasteiger partial charge is 0.534 e. The Morgan fingerprint density at radius 3 is 1.80 bits per heavy atom. The molecule has 11 nitrogen and oxygen atoms in total. The lowest BCUT2D eigenvalue weighted by Gasteiger charge is -2.20. The molecule has 16 heteroatoms. The smallest absolute Gasteiger partial charge is 0.463 e. The zero-order chi connectivity index (χ0) is 33.5. The maximum atomic E-state index is 12.2. The number of ether oxygens (including phenoxy) is 4. The third kappa shape index (κ3) is 12.0. The maximum absolute atomic E-state index is 12.2. The van der Waals surface area contributed by atoms with Gasteiger partial charge in [0, 0.05) is 18.4 Å². The van der Waals surface area contributed by atoms with E-state index in [1.54, 1.807) is 24.3 Å². The van der Waals surface area contributed by atoms with E-state index in [0.29, 0.717) is 31.7 Å². The molecule has 2 N–H and O–H groups in total. The highest BCUT2D eigenvalue weighted by atomic mass is 32.2. The van der Waals surface area contributed by atoms with Crippen LogP contribution in [0.1, 0.15) is 32.3 Å². The zero-order valence-corrected chi connectivity index (χ0v) is 25.4. The Hall–Kier alpha value is -3.70. The summed E-state index contributed by atoms with van der Waals surface area (Å²) >= 11 is 0. The lowest BCUT2D eigenvalue weighted by molar-refractivity contribution is -0.140. The molecule has 0 amide bonds. The molecular formula is C29H34BF3O11S. The lowest BCUT2D eigenvalue weighted by Crippen LogP contribution is -2.29. The van der Waals surface area contributed by atoms with Crippen LogP contribution in [-0.2, 0) is 42.8 Å². The molecule has 0 atom stereocenters. The topological polar surface area (TPSA) is 155 Å². The molecule has 246 valence electrons. The van der Waals surface area contributed by atoms with E-state index >= 15 is 0 Å². The van der Waals surface area contributed by atoms with Crippen LogP contribution in [0.4, 0.5) is 13.2 Å². The number of alkyl halides is 3. The Morgan fingerprint density at radius 2 is 1.31 bits per heavy atom. The van der Waals surface area contributed by atoms with Gasteiger partial charge in [-0.1, -0.05) is 60.7 Å². The summed E-state index contributed by atoms with van der Waals surface area (Å²) in [5.74, 6) is -1.82. The Kier molecular flexibility index (Phi) is 15.3. The van der Waals surface area contributed by atoms with Crippen LogP contribution in [0, 0.1) is 0 Å². The van der Waals surface area contributed by atoms with Crippen LogP contribution in [-0.4, -0.2) is 82.7 Å². The van der Waals surface area contributed by atoms with Crippen molar-refractivity contribution in [2.45, 2.75) is 32.2 Å². The maximum Gasteiger partial charge on any atom is 0.534 e. The predicted molar refractivity (Wildman–Crippen MR) is 157 cm³/mol. The fourth-order valence-electron chi connectivity index (χ4n) is 3.81. The molecule has 2 heterocycles. The summed E-state index contributed by atoms with van der Waals surface area (Å²) in [6, 6.07) is 18.5. The van der Waals surface area contributed by atoms with Gasteiger partial charge in [0.1, 0.15) is 6.61 Å². The first kappa shape index (κ1) is 37.5. The van der Waals surface area contributed by atoms with E-state index in [9.17, 15) is 31.2 Å². The first-order valence-corrected chi connectivity index (χ1v) is 15.1. The summed E-state index contributed by atoms with van der Waals surface area (Å²) in [5.41, 5.74) is -2.56. The Morgan fingerprint density at radius 1 is 0.822 bits per heavy atom. The number of carbonyl (C=O) groups excluding carboxylic acids is 2. The minimum Gasteiger partial charge on any atom is -0.463 e. The fourth-order valence-corrected chi connectivity index (χ4v) is 4.31. The van der Waals surface area contributed by atoms with Gasteiger partial charge in [0.2, 0.25) is 0 Å². The van der Waals surface area contributed by atoms with Crippen molar-refractivity contribution in [3.05, 3.63) is 83.1 Å². The first-order chi connectivity index (χ1) is 21.3. The van der Waals surface area contributed by atoms with Crippen LogP contribution < -0.4 is 5.46 Å². The standard InChI is InChI=1S/C14H16O3.C9H11F3O6S.C6H7BO2/c1-2-17-14(15)12-8-9-16-10-13(12)11-6-4-3-5-7-11;1-2-17-8(13)6-3-4-16-5-7(6)18-19(14,15)9(10,11)12;8-7(9)6-4-2-1-3-5-6/h3-7H,2,8-10H2,1H3;2-5H2,1H3;1-5,8-9H. The third-order valence-electron chi connectivity index (χ3n) is 5.93. The summed E-state index contributed by atoms with van der Waals surface area (Å²) < 4.78 is 82.0. The van der Waals surface area contributed by atoms with Crippen molar-refractivity contribution >= 4 is 40.2 Å². The van der Waals surface area contributed by atoms with Crippen molar-refractivity contribution in [2.24, 2.45) is 0 Å². The number of hydrogen-bond acceptors (Lipinski definition) is 11. The lowest BCUT2D eigenvalue weighted by atomic mass is 9.81. The zero-order valence-electron chi connectivity index (χ0n) is 24.6. The fraction of sp³-hybridized carbons (Fsp3) is 0.379. The molecule has 0 saturated heterocycles. The second-order valence-corrected chi connectivity index (χ2v) is 10.6. The molecule has 0 radical (unpaired) electrons. The van der Waals surface area contributed by atoms with Crippen LogP contribution in [0.2, 0.25) is 0 Å². The molecular weight excluding hydrogens is 624 g/mol. The Bertz CT molecular complexity index is 1410. The number of carbonyl (C=O) groups is 2. The number of rotatable bonds is 8. The molecule has 0 saturated carbocycles. The molecule has 45 heavy (non-hydrogen) atoms. The third-order valence-corrected chi connectivity index (χ3v) is 6.92. The van der Waals surface area contributed by atoms with Gasteiger partial charge >= 0.3 is 34.7 Å². The number of halogens is 3. The molecule has 4 rings (SSSR count). The van der Waals surface area contributed by atoms with Crippen molar-refractivity contribution in [2.75, 3.05) is 39.6 Å². The molecule has 2 aromatic carbocycles. The molecule has 0 aliphatic carbocycles. The summed E-state index contributed by atoms with van der Waals surface area (Å²) in [4.78, 5) is 23.3. The second-order valence-electron chi connectivity index (χ2n) is 9.04. The SMILES string of the molecule is CCOC(=O)C1=C(OS(=O)(=O)C(F)(F)F)COCC1.CCOC(=O)C1=C(c2ccccc2)COCC1.OB(O)c1ccccc1. The molecule has 2 aromatic rings. The normalized spacial score (nSPS) is 15.1. The minimum absolute atomic E-state index is 0.00247. The van der Waals surface area contributed by atoms with Crippen LogP contribution in [0.25, 0.3) is 5.57 Å². The quantitative estimate of drug-likeness (QED) is 0.186. The first-order valence-electron chi connectivity index (χ1n) is 13.7. The highest BCUT2D eigenvalue weighted by Gasteiger charge is 2.49. The van der Waals surface area contributed by atoms with Gasteiger partial charge in [0.25, 0.3) is 0 Å². The van der Waals surface area contributed by atoms with Crippen LogP contribution in [0.3, 0.4) is 0 Å². The summed E-state index contributed by atoms with van der Waals surface area (Å²) in [6.07, 6.45) is 0.546. The number of benzene rings is 2. The van der Waals surface area contributed by atoms with E-state index in [0.717, 1.165) is 16.7 Å². The van der Waals surface area contributed by atoms with E-state index in [-0.39, 0.29) is 31.2 Å². The van der Waals surface area contributed by atoms with Gasteiger partial charge in [-0.25, -0.2) is 9.59 Å². The summed E-state index contributed by atoms with van der Waals surface area (Å²) in [6.45, 7) is 4.33. The number of hydrogen-bond donors (Lipinski definition) is 2. The van der Waals surface area contributed by atoms with Crippen molar-refractivity contribution < 1.29 is 64.4 Å². The van der Waals surface area contributed by atoms with E-state index in [2.05, 4.69) is 8.92 Å². The Labute approximate surface area is 259 Å². The molecule has 0 fully saturated rings. The van der Waals surface area contributed by atoms with Crippen LogP contribution in [0.15, 0.2) is 77.6 Å². The van der Waals surface area contributed by atoms with E-state index in [1.165, 1.54) is 6.92 Å². The molecule has 0 spiro atoms. The average Bonchev–Trinajstić information content (AvgIpc) is 3.02. The predicted octanol–water partition coefficient (Wildman–Crippen LogP) is 2.88. The molecule has 2 aliphatic heterocycles. The van der Waals surface area contributed by atoms with Crippen LogP contribution in [0.5, 0.6) is 0 Å². The highest BCUT2D eigenvalue weighted by Crippen LogP contribution is 2.29. The summed E-state index contributed by atoms with van der Waals surface area (Å²) in [5, 5.41) is 17.2. The van der Waals surface area contributed by atoms with Gasteiger partial charge < -0.3 is 33.2 Å². The number of esters is 2. The summed E-state index contributed by atoms with van der Waals surface area (Å²) in [7, 11) is -7.17. The van der Waals surface area contributed by atoms with Crippen LogP contribution >= 0.6 is 0 Å². The molecule has 0 unspecified atom stereocenters. The second kappa shape index (κ2) is 18.3. The van der Waals surface area contributed by atoms with Gasteiger partial charge in [-0.3, -0.25) is 0 Å². The monoisotopic (exact) mass is 658 g/mol. The van der Waals surface area contributed by atoms with Gasteiger partial charge in [0.05, 0.1) is 38.6 Å². The minimum atomic E-state index is -5.82. The van der Waals surface area contributed by atoms with Gasteiger partial charge in [0.15, 0.2) is 5.76 Å². The van der Waals surface area contributed by atoms with Crippen molar-refractivity contribution in [1.29, 1.82) is 0 Å². The molecule has 0 aromatic heterocycles.